The van der Waals surface area contributed by atoms with Crippen LogP contribution in [-0.4, -0.2) is 46.0 Å². The third-order valence-corrected chi connectivity index (χ3v) is 5.02. The van der Waals surface area contributed by atoms with Crippen LogP contribution in [0.5, 0.6) is 0 Å². The number of hydrogen-bond acceptors (Lipinski definition) is 4. The van der Waals surface area contributed by atoms with Gasteiger partial charge >= 0.3 is 5.97 Å². The van der Waals surface area contributed by atoms with Gasteiger partial charge in [-0.2, -0.15) is 0 Å². The molecule has 0 saturated carbocycles. The summed E-state index contributed by atoms with van der Waals surface area (Å²) in [7, 11) is 0. The van der Waals surface area contributed by atoms with Crippen molar-refractivity contribution in [3.05, 3.63) is 36.0 Å². The lowest BCUT2D eigenvalue weighted by Gasteiger charge is -2.25. The fourth-order valence-electron chi connectivity index (χ4n) is 3.38. The molecule has 8 heteroatoms. The molecule has 0 aliphatic rings. The molecule has 1 aromatic heterocycles. The minimum atomic E-state index is -1.10. The van der Waals surface area contributed by atoms with Gasteiger partial charge in [0.15, 0.2) is 0 Å². The first-order valence-electron chi connectivity index (χ1n) is 10.2. The van der Waals surface area contributed by atoms with E-state index in [4.69, 9.17) is 5.73 Å². The number of aromatic amines is 1. The maximum atomic E-state index is 12.7. The van der Waals surface area contributed by atoms with Gasteiger partial charge in [0.1, 0.15) is 12.1 Å². The van der Waals surface area contributed by atoms with Crippen molar-refractivity contribution in [3.63, 3.8) is 0 Å². The zero-order valence-electron chi connectivity index (χ0n) is 17.9. The Labute approximate surface area is 176 Å². The number of para-hydroxylation sites is 1. The van der Waals surface area contributed by atoms with Crippen LogP contribution in [0.2, 0.25) is 0 Å². The lowest BCUT2D eigenvalue weighted by molar-refractivity contribution is -0.143. The van der Waals surface area contributed by atoms with Crippen molar-refractivity contribution in [2.75, 3.05) is 0 Å². The summed E-state index contributed by atoms with van der Waals surface area (Å²) in [5, 5.41) is 15.6. The number of nitrogens with two attached hydrogens (primary N) is 1. The number of fused-ring (bicyclic) bond motifs is 1. The smallest absolute Gasteiger partial charge is 0.326 e. The fraction of sp³-hybridized carbons (Fsp3) is 0.500. The molecule has 0 spiro atoms. The summed E-state index contributed by atoms with van der Waals surface area (Å²) in [6.45, 7) is 7.34. The number of carboxylic acids is 1. The van der Waals surface area contributed by atoms with Crippen LogP contribution < -0.4 is 16.4 Å². The average Bonchev–Trinajstić information content (AvgIpc) is 3.07. The first kappa shape index (κ1) is 23.4. The van der Waals surface area contributed by atoms with Crippen LogP contribution in [0.3, 0.4) is 0 Å². The number of benzene rings is 1. The predicted molar refractivity (Wildman–Crippen MR) is 116 cm³/mol. The first-order valence-corrected chi connectivity index (χ1v) is 10.2. The van der Waals surface area contributed by atoms with E-state index >= 15 is 0 Å². The Bertz CT molecular complexity index is 890. The summed E-state index contributed by atoms with van der Waals surface area (Å²) >= 11 is 0. The minimum Gasteiger partial charge on any atom is -0.480 e. The van der Waals surface area contributed by atoms with E-state index < -0.39 is 35.9 Å². The molecule has 30 heavy (non-hydrogen) atoms. The molecule has 0 unspecified atom stereocenters. The Morgan fingerprint density at radius 3 is 2.33 bits per heavy atom. The summed E-state index contributed by atoms with van der Waals surface area (Å²) in [4.78, 5) is 40.0. The highest BCUT2D eigenvalue weighted by Gasteiger charge is 2.30. The quantitative estimate of drug-likeness (QED) is 0.402. The zero-order valence-corrected chi connectivity index (χ0v) is 17.9. The molecule has 2 amide bonds. The van der Waals surface area contributed by atoms with Crippen molar-refractivity contribution in [3.8, 4) is 0 Å². The average molecular weight is 417 g/mol. The van der Waals surface area contributed by atoms with Gasteiger partial charge in [-0.05, 0) is 36.3 Å². The SMILES string of the molecule is CC(C)C[C@H](NC(=O)[C@@H](NC(=O)[C@@H](N)Cc1c[nH]c2ccccc12)C(C)C)C(=O)O. The molecule has 2 aromatic rings. The molecule has 164 valence electrons. The third kappa shape index (κ3) is 6.06. The normalized spacial score (nSPS) is 14.5. The molecular formula is C22H32N4O4. The van der Waals surface area contributed by atoms with Gasteiger partial charge in [-0.3, -0.25) is 9.59 Å². The zero-order chi connectivity index (χ0) is 22.4. The molecule has 0 fully saturated rings. The van der Waals surface area contributed by atoms with E-state index in [1.54, 1.807) is 13.8 Å². The van der Waals surface area contributed by atoms with Crippen molar-refractivity contribution in [1.29, 1.82) is 0 Å². The monoisotopic (exact) mass is 416 g/mol. The number of hydrogen-bond donors (Lipinski definition) is 5. The number of carbonyl (C=O) groups excluding carboxylic acids is 2. The van der Waals surface area contributed by atoms with Gasteiger partial charge < -0.3 is 26.5 Å². The van der Waals surface area contributed by atoms with Crippen LogP contribution in [-0.2, 0) is 20.8 Å². The second-order valence-corrected chi connectivity index (χ2v) is 8.43. The van der Waals surface area contributed by atoms with Crippen molar-refractivity contribution in [1.82, 2.24) is 15.6 Å². The predicted octanol–water partition coefficient (Wildman–Crippen LogP) is 1.79. The van der Waals surface area contributed by atoms with Gasteiger partial charge in [-0.1, -0.05) is 45.9 Å². The molecule has 1 heterocycles. The van der Waals surface area contributed by atoms with Crippen molar-refractivity contribution in [2.45, 2.75) is 58.7 Å². The van der Waals surface area contributed by atoms with Crippen LogP contribution >= 0.6 is 0 Å². The van der Waals surface area contributed by atoms with Crippen molar-refractivity contribution < 1.29 is 19.5 Å². The lowest BCUT2D eigenvalue weighted by atomic mass is 9.99. The number of rotatable bonds is 10. The van der Waals surface area contributed by atoms with Crippen LogP contribution in [0.25, 0.3) is 10.9 Å². The first-order chi connectivity index (χ1) is 14.1. The number of aromatic nitrogens is 1. The molecule has 0 aliphatic heterocycles. The lowest BCUT2D eigenvalue weighted by Crippen LogP contribution is -2.56. The van der Waals surface area contributed by atoms with Gasteiger partial charge in [-0.15, -0.1) is 0 Å². The van der Waals surface area contributed by atoms with Crippen molar-refractivity contribution in [2.24, 2.45) is 17.6 Å². The molecule has 6 N–H and O–H groups in total. The Balaban J connectivity index is 2.04. The largest absolute Gasteiger partial charge is 0.480 e. The van der Waals surface area contributed by atoms with E-state index in [1.165, 1.54) is 0 Å². The van der Waals surface area contributed by atoms with Crippen LogP contribution in [0.4, 0.5) is 0 Å². The Morgan fingerprint density at radius 1 is 1.07 bits per heavy atom. The second kappa shape index (κ2) is 10.2. The van der Waals surface area contributed by atoms with Crippen LogP contribution in [0, 0.1) is 11.8 Å². The highest BCUT2D eigenvalue weighted by molar-refractivity contribution is 5.92. The van der Waals surface area contributed by atoms with E-state index in [-0.39, 0.29) is 11.8 Å². The number of H-pyrrole nitrogens is 1. The Hall–Kier alpha value is -2.87. The summed E-state index contributed by atoms with van der Waals surface area (Å²) in [5.41, 5.74) is 7.99. The maximum Gasteiger partial charge on any atom is 0.326 e. The maximum absolute atomic E-state index is 12.7. The standard InChI is InChI=1S/C22H32N4O4/c1-12(2)9-18(22(29)30)25-21(28)19(13(3)4)26-20(27)16(23)10-14-11-24-17-8-6-5-7-15(14)17/h5-8,11-13,16,18-19,24H,9-10,23H2,1-4H3,(H,25,28)(H,26,27)(H,29,30)/t16-,18-,19-/m0/s1. The van der Waals surface area contributed by atoms with E-state index in [2.05, 4.69) is 15.6 Å². The molecule has 2 rings (SSSR count). The number of nitrogens with one attached hydrogen (secondary N) is 3. The molecule has 0 aliphatic carbocycles. The number of carbonyl (C=O) groups is 3. The van der Waals surface area contributed by atoms with Gasteiger partial charge in [0.25, 0.3) is 0 Å². The van der Waals surface area contributed by atoms with Crippen LogP contribution in [0.15, 0.2) is 30.5 Å². The van der Waals surface area contributed by atoms with E-state index in [0.29, 0.717) is 12.8 Å². The summed E-state index contributed by atoms with van der Waals surface area (Å²) in [6.07, 6.45) is 2.45. The molecule has 1 aromatic carbocycles. The van der Waals surface area contributed by atoms with Gasteiger partial charge in [0.2, 0.25) is 11.8 Å². The van der Waals surface area contributed by atoms with E-state index in [9.17, 15) is 19.5 Å². The van der Waals surface area contributed by atoms with E-state index in [0.717, 1.165) is 16.5 Å². The summed E-state index contributed by atoms with van der Waals surface area (Å²) in [5.74, 6) is -2.21. The van der Waals surface area contributed by atoms with Crippen molar-refractivity contribution >= 4 is 28.7 Å². The van der Waals surface area contributed by atoms with E-state index in [1.807, 2.05) is 44.3 Å². The van der Waals surface area contributed by atoms with Crippen LogP contribution in [0.1, 0.15) is 39.7 Å². The minimum absolute atomic E-state index is 0.100. The molecule has 0 bridgehead atoms. The number of carboxylic acid groups (broad SMARTS) is 1. The third-order valence-electron chi connectivity index (χ3n) is 5.02. The van der Waals surface area contributed by atoms with Gasteiger partial charge in [-0.25, -0.2) is 4.79 Å². The van der Waals surface area contributed by atoms with Gasteiger partial charge in [0, 0.05) is 17.1 Å². The number of amides is 2. The topological polar surface area (TPSA) is 137 Å². The molecule has 3 atom stereocenters. The summed E-state index contributed by atoms with van der Waals surface area (Å²) in [6, 6.07) is 5.02. The Morgan fingerprint density at radius 2 is 1.73 bits per heavy atom. The highest BCUT2D eigenvalue weighted by Crippen LogP contribution is 2.19. The number of aliphatic carboxylic acids is 1. The second-order valence-electron chi connectivity index (χ2n) is 8.43. The molecule has 0 saturated heterocycles. The highest BCUT2D eigenvalue weighted by atomic mass is 16.4. The van der Waals surface area contributed by atoms with Gasteiger partial charge in [0.05, 0.1) is 6.04 Å². The fourth-order valence-corrected chi connectivity index (χ4v) is 3.38. The summed E-state index contributed by atoms with van der Waals surface area (Å²) < 4.78 is 0. The molecular weight excluding hydrogens is 384 g/mol. The Kier molecular flexibility index (Phi) is 8.00. The molecule has 0 radical (unpaired) electrons. The molecule has 8 nitrogen and oxygen atoms in total.